The molecule has 0 saturated carbocycles. The second-order valence-corrected chi connectivity index (χ2v) is 5.83. The fraction of sp³-hybridized carbons (Fsp3) is 0.333. The summed E-state index contributed by atoms with van der Waals surface area (Å²) in [5.41, 5.74) is 1.84. The van der Waals surface area contributed by atoms with Crippen LogP contribution >= 0.6 is 15.9 Å². The van der Waals surface area contributed by atoms with E-state index in [1.54, 1.807) is 24.3 Å². The SMILES string of the molecule is OCc1ccc(OOCc2ccc(OCCCCBr)cc2)cc1. The van der Waals surface area contributed by atoms with Crippen LogP contribution in [-0.2, 0) is 18.1 Å². The Morgan fingerprint density at radius 3 is 2.13 bits per heavy atom. The third kappa shape index (κ3) is 6.60. The number of hydrogen-bond donors (Lipinski definition) is 1. The van der Waals surface area contributed by atoms with Crippen LogP contribution in [0.1, 0.15) is 24.0 Å². The number of aliphatic hydroxyl groups is 1. The number of benzene rings is 2. The van der Waals surface area contributed by atoms with Gasteiger partial charge in [-0.15, -0.1) is 0 Å². The maximum Gasteiger partial charge on any atom is 0.165 e. The van der Waals surface area contributed by atoms with Crippen LogP contribution in [0, 0.1) is 0 Å². The van der Waals surface area contributed by atoms with Crippen molar-refractivity contribution in [3.8, 4) is 11.5 Å². The van der Waals surface area contributed by atoms with Gasteiger partial charge in [0.1, 0.15) is 12.4 Å². The highest BCUT2D eigenvalue weighted by Gasteiger charge is 1.99. The van der Waals surface area contributed by atoms with Crippen molar-refractivity contribution in [2.45, 2.75) is 26.1 Å². The van der Waals surface area contributed by atoms with E-state index < -0.39 is 0 Å². The van der Waals surface area contributed by atoms with E-state index in [0.29, 0.717) is 12.4 Å². The highest BCUT2D eigenvalue weighted by Crippen LogP contribution is 2.16. The molecule has 0 atom stereocenters. The fourth-order valence-electron chi connectivity index (χ4n) is 1.88. The molecule has 1 N–H and O–H groups in total. The molecule has 0 spiro atoms. The van der Waals surface area contributed by atoms with Gasteiger partial charge in [-0.25, -0.2) is 0 Å². The van der Waals surface area contributed by atoms with Crippen molar-refractivity contribution in [3.63, 3.8) is 0 Å². The Balaban J connectivity index is 1.70. The average Bonchev–Trinajstić information content (AvgIpc) is 2.60. The maximum absolute atomic E-state index is 8.97. The molecule has 0 bridgehead atoms. The monoisotopic (exact) mass is 380 g/mol. The van der Waals surface area contributed by atoms with Gasteiger partial charge in [0.25, 0.3) is 0 Å². The number of ether oxygens (including phenoxy) is 1. The molecule has 0 amide bonds. The zero-order valence-corrected chi connectivity index (χ0v) is 14.5. The molecule has 0 aliphatic carbocycles. The quantitative estimate of drug-likeness (QED) is 0.289. The summed E-state index contributed by atoms with van der Waals surface area (Å²) in [5.74, 6) is 1.47. The van der Waals surface area contributed by atoms with Gasteiger partial charge in [-0.05, 0) is 48.2 Å². The molecular weight excluding hydrogens is 360 g/mol. The van der Waals surface area contributed by atoms with Crippen molar-refractivity contribution >= 4 is 15.9 Å². The predicted octanol–water partition coefficient (Wildman–Crippen LogP) is 4.24. The van der Waals surface area contributed by atoms with Gasteiger partial charge in [0.15, 0.2) is 5.75 Å². The fourth-order valence-corrected chi connectivity index (χ4v) is 2.28. The van der Waals surface area contributed by atoms with E-state index in [-0.39, 0.29) is 6.61 Å². The van der Waals surface area contributed by atoms with Crippen LogP contribution < -0.4 is 9.62 Å². The number of alkyl halides is 1. The summed E-state index contributed by atoms with van der Waals surface area (Å²) in [6.07, 6.45) is 2.15. The molecule has 0 aliphatic rings. The van der Waals surface area contributed by atoms with Crippen molar-refractivity contribution in [1.29, 1.82) is 0 Å². The van der Waals surface area contributed by atoms with Crippen LogP contribution in [0.2, 0.25) is 0 Å². The first-order chi connectivity index (χ1) is 11.3. The van der Waals surface area contributed by atoms with Gasteiger partial charge in [0.2, 0.25) is 0 Å². The van der Waals surface area contributed by atoms with Crippen molar-refractivity contribution in [1.82, 2.24) is 0 Å². The first-order valence-corrected chi connectivity index (χ1v) is 8.71. The number of halogens is 1. The van der Waals surface area contributed by atoms with E-state index in [9.17, 15) is 0 Å². The van der Waals surface area contributed by atoms with Gasteiger partial charge in [-0.2, -0.15) is 4.89 Å². The first kappa shape index (κ1) is 17.8. The van der Waals surface area contributed by atoms with Crippen LogP contribution in [0.4, 0.5) is 0 Å². The minimum Gasteiger partial charge on any atom is -0.494 e. The molecule has 0 aromatic heterocycles. The van der Waals surface area contributed by atoms with Gasteiger partial charge in [0.05, 0.1) is 13.2 Å². The van der Waals surface area contributed by atoms with E-state index in [1.807, 2.05) is 24.3 Å². The van der Waals surface area contributed by atoms with E-state index in [0.717, 1.165) is 41.7 Å². The Bertz CT molecular complexity index is 554. The normalized spacial score (nSPS) is 10.5. The Morgan fingerprint density at radius 1 is 0.826 bits per heavy atom. The molecular formula is C18H21BrO4. The molecule has 124 valence electrons. The van der Waals surface area contributed by atoms with Crippen LogP contribution in [0.25, 0.3) is 0 Å². The zero-order valence-electron chi connectivity index (χ0n) is 12.9. The van der Waals surface area contributed by atoms with Gasteiger partial charge in [-0.1, -0.05) is 40.2 Å². The molecule has 2 rings (SSSR count). The second-order valence-electron chi connectivity index (χ2n) is 5.04. The molecule has 0 fully saturated rings. The summed E-state index contributed by atoms with van der Waals surface area (Å²) in [7, 11) is 0. The summed E-state index contributed by atoms with van der Waals surface area (Å²) in [6, 6.07) is 14.9. The molecule has 0 unspecified atom stereocenters. The lowest BCUT2D eigenvalue weighted by Gasteiger charge is -2.08. The second kappa shape index (κ2) is 10.3. The van der Waals surface area contributed by atoms with Crippen molar-refractivity contribution in [2.75, 3.05) is 11.9 Å². The number of hydrogen-bond acceptors (Lipinski definition) is 4. The van der Waals surface area contributed by atoms with Crippen molar-refractivity contribution < 1.29 is 19.6 Å². The van der Waals surface area contributed by atoms with Crippen LogP contribution in [0.5, 0.6) is 11.5 Å². The number of aliphatic hydroxyl groups excluding tert-OH is 1. The lowest BCUT2D eigenvalue weighted by molar-refractivity contribution is -0.217. The Hall–Kier alpha value is -1.56. The van der Waals surface area contributed by atoms with Gasteiger partial charge < -0.3 is 14.7 Å². The van der Waals surface area contributed by atoms with Crippen molar-refractivity contribution in [3.05, 3.63) is 59.7 Å². The summed E-state index contributed by atoms with van der Waals surface area (Å²) in [5, 5.41) is 9.98. The average molecular weight is 381 g/mol. The van der Waals surface area contributed by atoms with Crippen molar-refractivity contribution in [2.24, 2.45) is 0 Å². The topological polar surface area (TPSA) is 47.9 Å². The van der Waals surface area contributed by atoms with Crippen LogP contribution in [-0.4, -0.2) is 17.0 Å². The maximum atomic E-state index is 8.97. The van der Waals surface area contributed by atoms with Gasteiger partial charge >= 0.3 is 0 Å². The highest BCUT2D eigenvalue weighted by atomic mass is 79.9. The summed E-state index contributed by atoms with van der Waals surface area (Å²) in [6.45, 7) is 1.10. The molecule has 4 nitrogen and oxygen atoms in total. The lowest BCUT2D eigenvalue weighted by atomic mass is 10.2. The molecule has 0 heterocycles. The highest BCUT2D eigenvalue weighted by molar-refractivity contribution is 9.09. The van der Waals surface area contributed by atoms with E-state index in [1.165, 1.54) is 0 Å². The van der Waals surface area contributed by atoms with Gasteiger partial charge in [-0.3, -0.25) is 0 Å². The van der Waals surface area contributed by atoms with Gasteiger partial charge in [0, 0.05) is 5.33 Å². The Kier molecular flexibility index (Phi) is 7.93. The molecule has 0 aliphatic heterocycles. The summed E-state index contributed by atoms with van der Waals surface area (Å²) in [4.78, 5) is 10.4. The largest absolute Gasteiger partial charge is 0.494 e. The molecule has 23 heavy (non-hydrogen) atoms. The minimum atomic E-state index is 0.0195. The standard InChI is InChI=1S/C18H21BrO4/c19-11-1-2-12-21-17-7-5-16(6-8-17)14-22-23-18-9-3-15(13-20)4-10-18/h3-10,20H,1-2,11-14H2. The molecule has 0 radical (unpaired) electrons. The third-order valence-corrected chi connectivity index (χ3v) is 3.77. The van der Waals surface area contributed by atoms with Crippen LogP contribution in [0.15, 0.2) is 48.5 Å². The molecule has 0 saturated heterocycles. The zero-order chi connectivity index (χ0) is 16.3. The molecule has 2 aromatic rings. The van der Waals surface area contributed by atoms with E-state index >= 15 is 0 Å². The van der Waals surface area contributed by atoms with E-state index in [4.69, 9.17) is 19.6 Å². The number of rotatable bonds is 10. The smallest absolute Gasteiger partial charge is 0.165 e. The molecule has 2 aromatic carbocycles. The van der Waals surface area contributed by atoms with E-state index in [2.05, 4.69) is 15.9 Å². The molecule has 5 heteroatoms. The third-order valence-electron chi connectivity index (χ3n) is 3.21. The predicted molar refractivity (Wildman–Crippen MR) is 92.7 cm³/mol. The summed E-state index contributed by atoms with van der Waals surface area (Å²) < 4.78 is 5.65. The lowest BCUT2D eigenvalue weighted by Crippen LogP contribution is -1.99. The first-order valence-electron chi connectivity index (χ1n) is 7.59. The van der Waals surface area contributed by atoms with Crippen LogP contribution in [0.3, 0.4) is 0 Å². The Morgan fingerprint density at radius 2 is 1.48 bits per heavy atom. The Labute approximate surface area is 145 Å². The minimum absolute atomic E-state index is 0.0195. The number of unbranched alkanes of at least 4 members (excludes halogenated alkanes) is 1. The summed E-state index contributed by atoms with van der Waals surface area (Å²) >= 11 is 3.40.